The van der Waals surface area contributed by atoms with E-state index in [1.165, 1.54) is 12.1 Å². The zero-order valence-corrected chi connectivity index (χ0v) is 17.1. The number of fused-ring (bicyclic) bond motifs is 2. The summed E-state index contributed by atoms with van der Waals surface area (Å²) in [5.74, 6) is 0.354. The number of hydrogen-bond donors (Lipinski definition) is 2. The fourth-order valence-corrected chi connectivity index (χ4v) is 5.78. The molecule has 3 heterocycles. The van der Waals surface area contributed by atoms with Gasteiger partial charge >= 0.3 is 0 Å². The maximum absolute atomic E-state index is 13.1. The van der Waals surface area contributed by atoms with Crippen molar-refractivity contribution in [3.63, 3.8) is 0 Å². The molecule has 0 saturated carbocycles. The fraction of sp³-hybridized carbons (Fsp3) is 0.304. The highest BCUT2D eigenvalue weighted by atomic mass is 32.2. The Morgan fingerprint density at radius 2 is 1.90 bits per heavy atom. The van der Waals surface area contributed by atoms with Crippen molar-refractivity contribution in [1.29, 1.82) is 0 Å². The largest absolute Gasteiger partial charge is 0.361 e. The van der Waals surface area contributed by atoms with Gasteiger partial charge in [-0.2, -0.15) is 11.8 Å². The lowest BCUT2D eigenvalue weighted by Crippen LogP contribution is -2.63. The van der Waals surface area contributed by atoms with E-state index in [1.54, 1.807) is 28.8 Å². The molecule has 1 aromatic heterocycles. The predicted octanol–water partition coefficient (Wildman–Crippen LogP) is 3.25. The van der Waals surface area contributed by atoms with Crippen LogP contribution in [0.1, 0.15) is 17.5 Å². The van der Waals surface area contributed by atoms with Crippen LogP contribution in [0.15, 0.2) is 54.7 Å². The maximum Gasteiger partial charge on any atom is 0.246 e. The smallest absolute Gasteiger partial charge is 0.246 e. The van der Waals surface area contributed by atoms with E-state index in [1.807, 2.05) is 30.5 Å². The second-order valence-electron chi connectivity index (χ2n) is 7.87. The van der Waals surface area contributed by atoms with Crippen molar-refractivity contribution in [3.05, 3.63) is 71.7 Å². The molecular formula is C23H22FN3O2S. The number of hydrogen-bond acceptors (Lipinski definition) is 3. The van der Waals surface area contributed by atoms with E-state index < -0.39 is 12.1 Å². The van der Waals surface area contributed by atoms with E-state index in [4.69, 9.17) is 0 Å². The molecule has 2 saturated heterocycles. The molecule has 2 aliphatic rings. The molecular weight excluding hydrogens is 401 g/mol. The van der Waals surface area contributed by atoms with E-state index >= 15 is 0 Å². The maximum atomic E-state index is 13.1. The molecule has 2 aromatic carbocycles. The molecule has 3 unspecified atom stereocenters. The highest BCUT2D eigenvalue weighted by Crippen LogP contribution is 2.34. The molecule has 3 aromatic rings. The fourth-order valence-electron chi connectivity index (χ4n) is 4.46. The van der Waals surface area contributed by atoms with E-state index in [2.05, 4.69) is 10.3 Å². The van der Waals surface area contributed by atoms with Gasteiger partial charge in [-0.15, -0.1) is 0 Å². The number of carbonyl (C=O) groups excluding carboxylic acids is 2. The third kappa shape index (κ3) is 3.47. The number of piperazine rings is 1. The molecule has 2 aliphatic heterocycles. The van der Waals surface area contributed by atoms with E-state index in [0.29, 0.717) is 18.7 Å². The van der Waals surface area contributed by atoms with Crippen molar-refractivity contribution < 1.29 is 14.0 Å². The molecule has 2 N–H and O–H groups in total. The van der Waals surface area contributed by atoms with E-state index in [0.717, 1.165) is 28.5 Å². The number of halogens is 1. The Morgan fingerprint density at radius 1 is 1.10 bits per heavy atom. The van der Waals surface area contributed by atoms with Crippen LogP contribution in [-0.2, 0) is 21.8 Å². The average Bonchev–Trinajstić information content (AvgIpc) is 3.36. The van der Waals surface area contributed by atoms with Crippen LogP contribution < -0.4 is 5.32 Å². The number of para-hydroxylation sites is 1. The molecule has 7 heteroatoms. The molecule has 2 amide bonds. The van der Waals surface area contributed by atoms with Crippen molar-refractivity contribution in [2.24, 2.45) is 0 Å². The number of nitrogens with zero attached hydrogens (tertiary/aromatic N) is 1. The van der Waals surface area contributed by atoms with Gasteiger partial charge < -0.3 is 15.2 Å². The summed E-state index contributed by atoms with van der Waals surface area (Å²) in [6, 6.07) is 13.4. The summed E-state index contributed by atoms with van der Waals surface area (Å²) in [5, 5.41) is 4.10. The number of nitrogens with one attached hydrogen (secondary N) is 2. The Bertz CT molecular complexity index is 1100. The summed E-state index contributed by atoms with van der Waals surface area (Å²) in [6.07, 6.45) is 3.18. The first-order valence-corrected chi connectivity index (χ1v) is 11.2. The first-order chi connectivity index (χ1) is 14.6. The quantitative estimate of drug-likeness (QED) is 0.662. The number of aromatic nitrogens is 1. The Morgan fingerprint density at radius 3 is 2.73 bits per heavy atom. The first-order valence-electron chi connectivity index (χ1n) is 10.1. The number of aromatic amines is 1. The van der Waals surface area contributed by atoms with Crippen molar-refractivity contribution in [2.75, 3.05) is 6.54 Å². The zero-order valence-electron chi connectivity index (χ0n) is 16.3. The average molecular weight is 424 g/mol. The molecule has 0 aliphatic carbocycles. The van der Waals surface area contributed by atoms with Crippen LogP contribution in [0.2, 0.25) is 0 Å². The highest BCUT2D eigenvalue weighted by Gasteiger charge is 2.48. The summed E-state index contributed by atoms with van der Waals surface area (Å²) < 4.78 is 13.1. The topological polar surface area (TPSA) is 65.2 Å². The lowest BCUT2D eigenvalue weighted by atomic mass is 10.0. The Kier molecular flexibility index (Phi) is 4.98. The van der Waals surface area contributed by atoms with E-state index in [9.17, 15) is 14.0 Å². The summed E-state index contributed by atoms with van der Waals surface area (Å²) in [4.78, 5) is 31.0. The van der Waals surface area contributed by atoms with Crippen LogP contribution in [0.4, 0.5) is 4.39 Å². The third-order valence-corrected chi connectivity index (χ3v) is 7.41. The number of rotatable bonds is 5. The Balaban J connectivity index is 1.27. The van der Waals surface area contributed by atoms with Crippen molar-refractivity contribution in [1.82, 2.24) is 15.2 Å². The lowest BCUT2D eigenvalue weighted by Gasteiger charge is -2.36. The standard InChI is InChI=1S/C23H22FN3O2S/c24-16-7-5-14(6-8-16)13-30-20-9-10-27-21(20)22(28)26-19(23(27)29)11-15-12-25-18-4-2-1-3-17(15)18/h1-8,12,19-21,25H,9-11,13H2,(H,26,28). The Labute approximate surface area is 178 Å². The van der Waals surface area contributed by atoms with Crippen LogP contribution >= 0.6 is 11.8 Å². The minimum atomic E-state index is -0.534. The monoisotopic (exact) mass is 423 g/mol. The van der Waals surface area contributed by atoms with Gasteiger partial charge in [-0.05, 0) is 35.7 Å². The number of benzene rings is 2. The summed E-state index contributed by atoms with van der Waals surface area (Å²) in [6.45, 7) is 0.600. The summed E-state index contributed by atoms with van der Waals surface area (Å²) in [7, 11) is 0. The second kappa shape index (κ2) is 7.80. The van der Waals surface area contributed by atoms with Crippen LogP contribution in [0, 0.1) is 5.82 Å². The Hall–Kier alpha value is -2.80. The van der Waals surface area contributed by atoms with Gasteiger partial charge in [-0.3, -0.25) is 9.59 Å². The number of H-pyrrole nitrogens is 1. The van der Waals surface area contributed by atoms with Crippen molar-refractivity contribution in [3.8, 4) is 0 Å². The summed E-state index contributed by atoms with van der Waals surface area (Å²) in [5.41, 5.74) is 3.07. The molecule has 0 radical (unpaired) electrons. The minimum absolute atomic E-state index is 0.00485. The van der Waals surface area contributed by atoms with Crippen molar-refractivity contribution >= 4 is 34.5 Å². The van der Waals surface area contributed by atoms with Crippen LogP contribution in [-0.4, -0.2) is 45.6 Å². The van der Waals surface area contributed by atoms with Crippen LogP contribution in [0.3, 0.4) is 0 Å². The molecule has 3 atom stereocenters. The molecule has 5 nitrogen and oxygen atoms in total. The normalized spacial score (nSPS) is 23.6. The molecule has 2 fully saturated rings. The minimum Gasteiger partial charge on any atom is -0.361 e. The van der Waals surface area contributed by atoms with Crippen LogP contribution in [0.5, 0.6) is 0 Å². The van der Waals surface area contributed by atoms with Crippen molar-refractivity contribution in [2.45, 2.75) is 35.9 Å². The second-order valence-corrected chi connectivity index (χ2v) is 9.09. The molecule has 0 spiro atoms. The molecule has 0 bridgehead atoms. The third-order valence-electron chi connectivity index (χ3n) is 5.99. The van der Waals surface area contributed by atoms with Crippen LogP contribution in [0.25, 0.3) is 10.9 Å². The van der Waals surface area contributed by atoms with Gasteiger partial charge in [-0.25, -0.2) is 4.39 Å². The predicted molar refractivity (Wildman–Crippen MR) is 116 cm³/mol. The number of amides is 2. The van der Waals surface area contributed by atoms with Gasteiger partial charge in [0, 0.05) is 41.1 Å². The van der Waals surface area contributed by atoms with Gasteiger partial charge in [-0.1, -0.05) is 30.3 Å². The molecule has 5 rings (SSSR count). The zero-order chi connectivity index (χ0) is 20.7. The van der Waals surface area contributed by atoms with Gasteiger partial charge in [0.05, 0.1) is 0 Å². The highest BCUT2D eigenvalue weighted by molar-refractivity contribution is 7.99. The molecule has 154 valence electrons. The number of thioether (sulfide) groups is 1. The lowest BCUT2D eigenvalue weighted by molar-refractivity contribution is -0.146. The van der Waals surface area contributed by atoms with Gasteiger partial charge in [0.2, 0.25) is 11.8 Å². The number of carbonyl (C=O) groups is 2. The van der Waals surface area contributed by atoms with Gasteiger partial charge in [0.1, 0.15) is 17.9 Å². The van der Waals surface area contributed by atoms with E-state index in [-0.39, 0.29) is 22.9 Å². The van der Waals surface area contributed by atoms with Gasteiger partial charge in [0.25, 0.3) is 0 Å². The molecule has 30 heavy (non-hydrogen) atoms. The van der Waals surface area contributed by atoms with Gasteiger partial charge in [0.15, 0.2) is 0 Å². The first kappa shape index (κ1) is 19.2. The summed E-state index contributed by atoms with van der Waals surface area (Å²) >= 11 is 1.66. The SMILES string of the molecule is O=C1NC(Cc2c[nH]c3ccccc23)C(=O)N2CCC(SCc3ccc(F)cc3)C12.